The van der Waals surface area contributed by atoms with Crippen LogP contribution in [0.25, 0.3) is 0 Å². The van der Waals surface area contributed by atoms with E-state index in [0.717, 1.165) is 0 Å². The quantitative estimate of drug-likeness (QED) is 0.862. The lowest BCUT2D eigenvalue weighted by atomic mass is 10.1. The van der Waals surface area contributed by atoms with Crippen LogP contribution in [-0.2, 0) is 0 Å². The molecule has 98 valence electrons. The number of phenols is 1. The number of phenolic OH excluding ortho intramolecular Hbond substituents is 1. The van der Waals surface area contributed by atoms with Crippen molar-refractivity contribution in [3.8, 4) is 5.75 Å². The number of nitrogens with zero attached hydrogens (tertiary/aromatic N) is 1. The molecule has 1 aromatic rings. The number of hydrogen-bond donors (Lipinski definition) is 1. The fraction of sp³-hybridized carbons (Fsp3) is 0.462. The summed E-state index contributed by atoms with van der Waals surface area (Å²) >= 11 is 7.75. The normalized spacial score (nSPS) is 24.1. The lowest BCUT2D eigenvalue weighted by molar-refractivity contribution is 0.0750. The Morgan fingerprint density at radius 1 is 1.39 bits per heavy atom. The molecule has 1 aromatic carbocycles. The van der Waals surface area contributed by atoms with E-state index in [1.54, 1.807) is 11.0 Å². The Labute approximate surface area is 116 Å². The summed E-state index contributed by atoms with van der Waals surface area (Å²) in [5.41, 5.74) is 0.286. The van der Waals surface area contributed by atoms with E-state index in [9.17, 15) is 9.90 Å². The molecule has 5 heteroatoms. The Morgan fingerprint density at radius 2 is 2.00 bits per heavy atom. The molecule has 1 aliphatic heterocycles. The predicted octanol–water partition coefficient (Wildman–Crippen LogP) is 3.01. The van der Waals surface area contributed by atoms with Crippen LogP contribution < -0.4 is 0 Å². The Balaban J connectivity index is 2.22. The number of carbonyl (C=O) groups excluding carboxylic acids is 1. The number of aromatic hydroxyl groups is 1. The first-order valence-corrected chi connectivity index (χ1v) is 7.22. The van der Waals surface area contributed by atoms with E-state index >= 15 is 0 Å². The lowest BCUT2D eigenvalue weighted by Gasteiger charge is -2.34. The number of rotatable bonds is 1. The molecule has 3 nitrogen and oxygen atoms in total. The van der Waals surface area contributed by atoms with E-state index in [1.807, 2.05) is 11.8 Å². The van der Waals surface area contributed by atoms with Crippen LogP contribution in [0.5, 0.6) is 5.75 Å². The third-order valence-electron chi connectivity index (χ3n) is 2.90. The van der Waals surface area contributed by atoms with Gasteiger partial charge in [0.1, 0.15) is 5.75 Å². The van der Waals surface area contributed by atoms with Gasteiger partial charge in [0, 0.05) is 28.6 Å². The van der Waals surface area contributed by atoms with Gasteiger partial charge in [0.15, 0.2) is 0 Å². The zero-order valence-electron chi connectivity index (χ0n) is 10.4. The van der Waals surface area contributed by atoms with Gasteiger partial charge in [-0.05, 0) is 18.2 Å². The summed E-state index contributed by atoms with van der Waals surface area (Å²) in [5.74, 6) is -0.156. The maximum Gasteiger partial charge on any atom is 0.257 e. The summed E-state index contributed by atoms with van der Waals surface area (Å²) in [6.45, 7) is 5.64. The average molecular weight is 286 g/mol. The van der Waals surface area contributed by atoms with Crippen molar-refractivity contribution in [3.05, 3.63) is 28.8 Å². The molecule has 1 saturated heterocycles. The molecule has 0 spiro atoms. The zero-order valence-corrected chi connectivity index (χ0v) is 12.0. The molecule has 1 heterocycles. The molecular formula is C13H16ClNO2S. The van der Waals surface area contributed by atoms with Gasteiger partial charge >= 0.3 is 0 Å². The summed E-state index contributed by atoms with van der Waals surface area (Å²) in [5, 5.41) is 11.0. The van der Waals surface area contributed by atoms with Crippen LogP contribution in [0, 0.1) is 0 Å². The molecule has 0 aliphatic carbocycles. The van der Waals surface area contributed by atoms with E-state index in [0.29, 0.717) is 28.6 Å². The Kier molecular flexibility index (Phi) is 4.07. The highest BCUT2D eigenvalue weighted by Crippen LogP contribution is 2.28. The number of hydrogen-bond acceptors (Lipinski definition) is 3. The molecule has 1 aliphatic rings. The summed E-state index contributed by atoms with van der Waals surface area (Å²) in [4.78, 5) is 14.2. The number of carbonyl (C=O) groups is 1. The van der Waals surface area contributed by atoms with Gasteiger partial charge in [-0.3, -0.25) is 4.79 Å². The summed E-state index contributed by atoms with van der Waals surface area (Å²) in [7, 11) is 0. The molecule has 0 aromatic heterocycles. The molecule has 1 N–H and O–H groups in total. The van der Waals surface area contributed by atoms with Gasteiger partial charge in [0.05, 0.1) is 5.56 Å². The summed E-state index contributed by atoms with van der Waals surface area (Å²) in [6.07, 6.45) is 0. The number of halogens is 1. The second-order valence-electron chi connectivity index (χ2n) is 4.63. The number of amides is 1. The smallest absolute Gasteiger partial charge is 0.257 e. The third kappa shape index (κ3) is 2.93. The van der Waals surface area contributed by atoms with E-state index in [4.69, 9.17) is 11.6 Å². The second-order valence-corrected chi connectivity index (χ2v) is 6.95. The van der Waals surface area contributed by atoms with Crippen molar-refractivity contribution in [2.75, 3.05) is 13.1 Å². The fourth-order valence-corrected chi connectivity index (χ4v) is 3.69. The minimum absolute atomic E-state index is 0.0112. The molecule has 0 saturated carbocycles. The minimum Gasteiger partial charge on any atom is -0.507 e. The molecule has 1 fully saturated rings. The predicted molar refractivity (Wildman–Crippen MR) is 75.5 cm³/mol. The molecule has 2 atom stereocenters. The lowest BCUT2D eigenvalue weighted by Crippen LogP contribution is -2.44. The van der Waals surface area contributed by atoms with Gasteiger partial charge in [0.2, 0.25) is 0 Å². The highest BCUT2D eigenvalue weighted by molar-refractivity contribution is 8.00. The van der Waals surface area contributed by atoms with Gasteiger partial charge in [-0.15, -0.1) is 0 Å². The monoisotopic (exact) mass is 285 g/mol. The summed E-state index contributed by atoms with van der Waals surface area (Å²) in [6, 6.07) is 4.56. The van der Waals surface area contributed by atoms with Gasteiger partial charge < -0.3 is 10.0 Å². The van der Waals surface area contributed by atoms with Crippen LogP contribution in [0.3, 0.4) is 0 Å². The van der Waals surface area contributed by atoms with Crippen LogP contribution in [0.2, 0.25) is 5.02 Å². The maximum atomic E-state index is 12.4. The van der Waals surface area contributed by atoms with Crippen molar-refractivity contribution >= 4 is 29.3 Å². The number of thioether (sulfide) groups is 1. The van der Waals surface area contributed by atoms with Crippen molar-refractivity contribution in [1.82, 2.24) is 4.90 Å². The largest absolute Gasteiger partial charge is 0.507 e. The molecule has 2 rings (SSSR count). The highest BCUT2D eigenvalue weighted by Gasteiger charge is 2.27. The minimum atomic E-state index is -0.144. The van der Waals surface area contributed by atoms with Crippen LogP contribution in [0.4, 0.5) is 0 Å². The van der Waals surface area contributed by atoms with Gasteiger partial charge in [-0.2, -0.15) is 11.8 Å². The molecular weight excluding hydrogens is 270 g/mol. The first-order chi connectivity index (χ1) is 8.47. The van der Waals surface area contributed by atoms with Crippen LogP contribution in [0.1, 0.15) is 24.2 Å². The van der Waals surface area contributed by atoms with Crippen LogP contribution in [-0.4, -0.2) is 39.5 Å². The van der Waals surface area contributed by atoms with E-state index < -0.39 is 0 Å². The standard InChI is InChI=1S/C13H16ClNO2S/c1-8-6-15(7-9(2)18-8)13(17)11-5-10(14)3-4-12(11)16/h3-5,8-9,16H,6-7H2,1-2H3. The molecule has 18 heavy (non-hydrogen) atoms. The van der Waals surface area contributed by atoms with Crippen molar-refractivity contribution in [1.29, 1.82) is 0 Å². The maximum absolute atomic E-state index is 12.4. The molecule has 0 radical (unpaired) electrons. The fourth-order valence-electron chi connectivity index (χ4n) is 2.19. The second kappa shape index (κ2) is 5.41. The van der Waals surface area contributed by atoms with Crippen molar-refractivity contribution in [2.24, 2.45) is 0 Å². The Hall–Kier alpha value is -0.870. The summed E-state index contributed by atoms with van der Waals surface area (Å²) < 4.78 is 0. The van der Waals surface area contributed by atoms with E-state index in [-0.39, 0.29) is 17.2 Å². The van der Waals surface area contributed by atoms with E-state index in [2.05, 4.69) is 13.8 Å². The van der Waals surface area contributed by atoms with Crippen LogP contribution >= 0.6 is 23.4 Å². The zero-order chi connectivity index (χ0) is 13.3. The Bertz CT molecular complexity index is 456. The molecule has 2 unspecified atom stereocenters. The van der Waals surface area contributed by atoms with Crippen molar-refractivity contribution in [2.45, 2.75) is 24.3 Å². The van der Waals surface area contributed by atoms with Gasteiger partial charge in [-0.25, -0.2) is 0 Å². The SMILES string of the molecule is CC1CN(C(=O)c2cc(Cl)ccc2O)CC(C)S1. The number of benzene rings is 1. The average Bonchev–Trinajstić information content (AvgIpc) is 2.30. The third-order valence-corrected chi connectivity index (χ3v) is 4.36. The van der Waals surface area contributed by atoms with Gasteiger partial charge in [-0.1, -0.05) is 25.4 Å². The molecule has 1 amide bonds. The van der Waals surface area contributed by atoms with E-state index in [1.165, 1.54) is 12.1 Å². The Morgan fingerprint density at radius 3 is 2.61 bits per heavy atom. The molecule has 0 bridgehead atoms. The first kappa shape index (κ1) is 13.6. The van der Waals surface area contributed by atoms with Crippen LogP contribution in [0.15, 0.2) is 18.2 Å². The van der Waals surface area contributed by atoms with Crippen molar-refractivity contribution < 1.29 is 9.90 Å². The van der Waals surface area contributed by atoms with Crippen molar-refractivity contribution in [3.63, 3.8) is 0 Å². The first-order valence-electron chi connectivity index (χ1n) is 5.90. The van der Waals surface area contributed by atoms with Gasteiger partial charge in [0.25, 0.3) is 5.91 Å². The highest BCUT2D eigenvalue weighted by atomic mass is 35.5. The topological polar surface area (TPSA) is 40.5 Å².